The van der Waals surface area contributed by atoms with Crippen molar-refractivity contribution in [3.63, 3.8) is 0 Å². The Labute approximate surface area is 116 Å². The molecule has 0 atom stereocenters. The van der Waals surface area contributed by atoms with Gasteiger partial charge in [0.05, 0.1) is 6.54 Å². The molecule has 0 fully saturated rings. The van der Waals surface area contributed by atoms with Crippen LogP contribution in [0.4, 0.5) is 0 Å². The van der Waals surface area contributed by atoms with Crippen LogP contribution in [0.5, 0.6) is 0 Å². The Kier molecular flexibility index (Phi) is 5.13. The SMILES string of the molecule is CCSCc1ccc(C(=O)NC2=NCCS2)cc1. The molecule has 0 aromatic heterocycles. The van der Waals surface area contributed by atoms with Crippen LogP contribution < -0.4 is 5.32 Å². The second-order valence-electron chi connectivity index (χ2n) is 3.82. The number of carbonyl (C=O) groups excluding carboxylic acids is 1. The summed E-state index contributed by atoms with van der Waals surface area (Å²) in [6.07, 6.45) is 0. The van der Waals surface area contributed by atoms with E-state index in [0.717, 1.165) is 29.0 Å². The van der Waals surface area contributed by atoms with E-state index in [1.165, 1.54) is 5.56 Å². The van der Waals surface area contributed by atoms with E-state index in [4.69, 9.17) is 0 Å². The van der Waals surface area contributed by atoms with Crippen molar-refractivity contribution in [3.8, 4) is 0 Å². The van der Waals surface area contributed by atoms with Gasteiger partial charge in [-0.1, -0.05) is 30.8 Å². The minimum absolute atomic E-state index is 0.0714. The second kappa shape index (κ2) is 6.85. The maximum Gasteiger partial charge on any atom is 0.257 e. The molecule has 18 heavy (non-hydrogen) atoms. The molecule has 1 N–H and O–H groups in total. The van der Waals surface area contributed by atoms with E-state index < -0.39 is 0 Å². The molecule has 1 aliphatic rings. The smallest absolute Gasteiger partial charge is 0.257 e. The number of hydrogen-bond acceptors (Lipinski definition) is 4. The molecule has 0 saturated heterocycles. The van der Waals surface area contributed by atoms with Gasteiger partial charge in [0.15, 0.2) is 5.17 Å². The molecular weight excluding hydrogens is 264 g/mol. The second-order valence-corrected chi connectivity index (χ2v) is 6.18. The lowest BCUT2D eigenvalue weighted by Gasteiger charge is -2.05. The quantitative estimate of drug-likeness (QED) is 0.922. The van der Waals surface area contributed by atoms with Gasteiger partial charge in [0.2, 0.25) is 0 Å². The Hall–Kier alpha value is -0.940. The Morgan fingerprint density at radius 3 is 2.83 bits per heavy atom. The summed E-state index contributed by atoms with van der Waals surface area (Å²) in [7, 11) is 0. The third kappa shape index (κ3) is 3.78. The number of benzene rings is 1. The summed E-state index contributed by atoms with van der Waals surface area (Å²) in [5, 5.41) is 3.57. The summed E-state index contributed by atoms with van der Waals surface area (Å²) in [4.78, 5) is 16.1. The summed E-state index contributed by atoms with van der Waals surface area (Å²) in [6.45, 7) is 2.94. The number of thioether (sulfide) groups is 2. The van der Waals surface area contributed by atoms with Crippen LogP contribution in [0.3, 0.4) is 0 Å². The van der Waals surface area contributed by atoms with Gasteiger partial charge in [-0.05, 0) is 23.4 Å². The summed E-state index contributed by atoms with van der Waals surface area (Å²) in [6, 6.07) is 7.78. The van der Waals surface area contributed by atoms with Gasteiger partial charge in [-0.2, -0.15) is 11.8 Å². The molecule has 5 heteroatoms. The molecule has 1 aromatic carbocycles. The van der Waals surface area contributed by atoms with Gasteiger partial charge in [-0.15, -0.1) is 0 Å². The van der Waals surface area contributed by atoms with Crippen molar-refractivity contribution in [1.82, 2.24) is 5.32 Å². The normalized spacial score (nSPS) is 14.4. The van der Waals surface area contributed by atoms with Gasteiger partial charge in [-0.25, -0.2) is 0 Å². The van der Waals surface area contributed by atoms with Crippen molar-refractivity contribution in [3.05, 3.63) is 35.4 Å². The predicted molar refractivity (Wildman–Crippen MR) is 80.5 cm³/mol. The molecule has 0 spiro atoms. The Balaban J connectivity index is 1.93. The first kappa shape index (κ1) is 13.5. The molecular formula is C13H16N2OS2. The predicted octanol–water partition coefficient (Wildman–Crippen LogP) is 2.77. The van der Waals surface area contributed by atoms with Crippen molar-refractivity contribution in [2.45, 2.75) is 12.7 Å². The number of nitrogens with zero attached hydrogens (tertiary/aromatic N) is 1. The van der Waals surface area contributed by atoms with Gasteiger partial charge in [-0.3, -0.25) is 9.79 Å². The van der Waals surface area contributed by atoms with Crippen molar-refractivity contribution in [2.24, 2.45) is 4.99 Å². The van der Waals surface area contributed by atoms with Gasteiger partial charge >= 0.3 is 0 Å². The minimum Gasteiger partial charge on any atom is -0.301 e. The zero-order valence-corrected chi connectivity index (χ0v) is 11.9. The van der Waals surface area contributed by atoms with Gasteiger partial charge in [0, 0.05) is 17.1 Å². The minimum atomic E-state index is -0.0714. The number of amidine groups is 1. The fourth-order valence-corrected chi connectivity index (χ4v) is 2.91. The van der Waals surface area contributed by atoms with Gasteiger partial charge in [0.25, 0.3) is 5.91 Å². The average Bonchev–Trinajstić information content (AvgIpc) is 2.89. The van der Waals surface area contributed by atoms with Crippen LogP contribution >= 0.6 is 23.5 Å². The van der Waals surface area contributed by atoms with Crippen LogP contribution in [-0.4, -0.2) is 29.1 Å². The molecule has 2 rings (SSSR count). The van der Waals surface area contributed by atoms with E-state index in [-0.39, 0.29) is 5.91 Å². The van der Waals surface area contributed by atoms with Crippen LogP contribution in [0.2, 0.25) is 0 Å². The summed E-state index contributed by atoms with van der Waals surface area (Å²) >= 11 is 3.47. The molecule has 96 valence electrons. The van der Waals surface area contributed by atoms with Crippen molar-refractivity contribution in [1.29, 1.82) is 0 Å². The maximum atomic E-state index is 11.9. The lowest BCUT2D eigenvalue weighted by Crippen LogP contribution is -2.27. The number of amides is 1. The molecule has 1 aromatic rings. The van der Waals surface area contributed by atoms with Crippen LogP contribution in [0.25, 0.3) is 0 Å². The number of rotatable bonds is 4. The lowest BCUT2D eigenvalue weighted by molar-refractivity contribution is 0.0978. The third-order valence-electron chi connectivity index (χ3n) is 2.49. The van der Waals surface area contributed by atoms with Gasteiger partial charge in [0.1, 0.15) is 0 Å². The molecule has 0 bridgehead atoms. The van der Waals surface area contributed by atoms with Crippen molar-refractivity contribution < 1.29 is 4.79 Å². The van der Waals surface area contributed by atoms with E-state index >= 15 is 0 Å². The highest BCUT2D eigenvalue weighted by Crippen LogP contribution is 2.14. The molecule has 1 amide bonds. The highest BCUT2D eigenvalue weighted by Gasteiger charge is 2.12. The van der Waals surface area contributed by atoms with Crippen LogP contribution in [0.15, 0.2) is 29.3 Å². The Morgan fingerprint density at radius 1 is 1.44 bits per heavy atom. The highest BCUT2D eigenvalue weighted by atomic mass is 32.2. The number of aliphatic imine (C=N–C) groups is 1. The van der Waals surface area contributed by atoms with E-state index in [1.807, 2.05) is 36.0 Å². The standard InChI is InChI=1S/C13H16N2OS2/c1-2-17-9-10-3-5-11(6-4-10)12(16)15-13-14-7-8-18-13/h3-6H,2,7-9H2,1H3,(H,14,15,16). The fraction of sp³-hybridized carbons (Fsp3) is 0.385. The average molecular weight is 280 g/mol. The molecule has 3 nitrogen and oxygen atoms in total. The molecule has 1 heterocycles. The lowest BCUT2D eigenvalue weighted by atomic mass is 10.1. The van der Waals surface area contributed by atoms with Crippen molar-refractivity contribution in [2.75, 3.05) is 18.1 Å². The monoisotopic (exact) mass is 280 g/mol. The van der Waals surface area contributed by atoms with Crippen LogP contribution in [-0.2, 0) is 5.75 Å². The fourth-order valence-electron chi connectivity index (χ4n) is 1.55. The summed E-state index contributed by atoms with van der Waals surface area (Å²) in [5.41, 5.74) is 1.95. The van der Waals surface area contributed by atoms with E-state index in [9.17, 15) is 4.79 Å². The highest BCUT2D eigenvalue weighted by molar-refractivity contribution is 8.14. The first-order valence-corrected chi connectivity index (χ1v) is 8.09. The zero-order valence-electron chi connectivity index (χ0n) is 10.3. The Morgan fingerprint density at radius 2 is 2.22 bits per heavy atom. The molecule has 0 radical (unpaired) electrons. The molecule has 1 aliphatic heterocycles. The number of nitrogens with one attached hydrogen (secondary N) is 1. The number of hydrogen-bond donors (Lipinski definition) is 1. The van der Waals surface area contributed by atoms with Crippen molar-refractivity contribution >= 4 is 34.6 Å². The Bertz CT molecular complexity index is 443. The largest absolute Gasteiger partial charge is 0.301 e. The molecule has 0 aliphatic carbocycles. The third-order valence-corrected chi connectivity index (χ3v) is 4.33. The van der Waals surface area contributed by atoms with Crippen LogP contribution in [0, 0.1) is 0 Å². The number of carbonyl (C=O) groups is 1. The van der Waals surface area contributed by atoms with E-state index in [2.05, 4.69) is 17.2 Å². The van der Waals surface area contributed by atoms with Crippen LogP contribution in [0.1, 0.15) is 22.8 Å². The first-order chi connectivity index (χ1) is 8.79. The molecule has 0 saturated carbocycles. The summed E-state index contributed by atoms with van der Waals surface area (Å²) in [5.74, 6) is 3.00. The topological polar surface area (TPSA) is 41.5 Å². The maximum absolute atomic E-state index is 11.9. The summed E-state index contributed by atoms with van der Waals surface area (Å²) < 4.78 is 0. The first-order valence-electron chi connectivity index (χ1n) is 5.95. The van der Waals surface area contributed by atoms with E-state index in [1.54, 1.807) is 11.8 Å². The van der Waals surface area contributed by atoms with E-state index in [0.29, 0.717) is 5.56 Å². The van der Waals surface area contributed by atoms with Gasteiger partial charge < -0.3 is 5.32 Å². The molecule has 0 unspecified atom stereocenters. The zero-order chi connectivity index (χ0) is 12.8.